The van der Waals surface area contributed by atoms with Gasteiger partial charge in [-0.2, -0.15) is 15.6 Å². The Morgan fingerprint density at radius 1 is 1.04 bits per heavy atom. The highest BCUT2D eigenvalue weighted by atomic mass is 32.2. The minimum Gasteiger partial charge on any atom is -0.295 e. The van der Waals surface area contributed by atoms with E-state index in [0.717, 1.165) is 42.3 Å². The molecule has 1 saturated heterocycles. The number of hydrogen-bond acceptors (Lipinski definition) is 6. The van der Waals surface area contributed by atoms with Gasteiger partial charge in [-0.05, 0) is 35.6 Å². The minimum absolute atomic E-state index is 0.387. The van der Waals surface area contributed by atoms with Gasteiger partial charge in [0.05, 0.1) is 10.6 Å². The van der Waals surface area contributed by atoms with Crippen molar-refractivity contribution >= 4 is 32.7 Å². The molecule has 1 aromatic carbocycles. The van der Waals surface area contributed by atoms with Crippen LogP contribution in [0, 0.1) is 0 Å². The van der Waals surface area contributed by atoms with Gasteiger partial charge in [0.2, 0.25) is 10.0 Å². The van der Waals surface area contributed by atoms with Crippen molar-refractivity contribution in [2.45, 2.75) is 24.8 Å². The van der Waals surface area contributed by atoms with E-state index in [1.807, 2.05) is 12.1 Å². The van der Waals surface area contributed by atoms with E-state index in [2.05, 4.69) is 34.0 Å². The Balaban J connectivity index is 1.36. The molecule has 0 saturated carbocycles. The molecule has 5 nitrogen and oxygen atoms in total. The maximum Gasteiger partial charge on any atom is 0.243 e. The monoisotopic (exact) mass is 433 g/mol. The third-order valence-corrected chi connectivity index (χ3v) is 8.54. The summed E-state index contributed by atoms with van der Waals surface area (Å²) in [5.41, 5.74) is 3.37. The average molecular weight is 434 g/mol. The maximum atomic E-state index is 12.9. The molecule has 0 bridgehead atoms. The first-order chi connectivity index (χ1) is 13.6. The van der Waals surface area contributed by atoms with Gasteiger partial charge in [-0.3, -0.25) is 4.90 Å². The Bertz CT molecular complexity index is 1000. The van der Waals surface area contributed by atoms with Gasteiger partial charge in [-0.15, -0.1) is 11.3 Å². The van der Waals surface area contributed by atoms with Crippen molar-refractivity contribution in [1.29, 1.82) is 0 Å². The van der Waals surface area contributed by atoms with Gasteiger partial charge in [0.1, 0.15) is 5.01 Å². The Morgan fingerprint density at radius 2 is 1.79 bits per heavy atom. The zero-order valence-corrected chi connectivity index (χ0v) is 18.2. The van der Waals surface area contributed by atoms with Crippen LogP contribution >= 0.6 is 22.7 Å². The van der Waals surface area contributed by atoms with Crippen molar-refractivity contribution in [3.8, 4) is 10.6 Å². The van der Waals surface area contributed by atoms with Crippen molar-refractivity contribution in [2.75, 3.05) is 26.2 Å². The average Bonchev–Trinajstić information content (AvgIpc) is 3.40. The van der Waals surface area contributed by atoms with Gasteiger partial charge in [-0.1, -0.05) is 19.1 Å². The molecule has 1 aliphatic heterocycles. The van der Waals surface area contributed by atoms with Crippen molar-refractivity contribution in [2.24, 2.45) is 0 Å². The van der Waals surface area contributed by atoms with Crippen LogP contribution in [0.1, 0.15) is 18.2 Å². The smallest absolute Gasteiger partial charge is 0.243 e. The van der Waals surface area contributed by atoms with E-state index >= 15 is 0 Å². The first kappa shape index (κ1) is 19.7. The van der Waals surface area contributed by atoms with Crippen molar-refractivity contribution in [1.82, 2.24) is 14.2 Å². The lowest BCUT2D eigenvalue weighted by Crippen LogP contribution is -2.48. The summed E-state index contributed by atoms with van der Waals surface area (Å²) in [5.74, 6) is 0. The topological polar surface area (TPSA) is 53.5 Å². The summed E-state index contributed by atoms with van der Waals surface area (Å²) in [4.78, 5) is 7.39. The van der Waals surface area contributed by atoms with Gasteiger partial charge in [0.15, 0.2) is 0 Å². The Hall–Kier alpha value is -1.58. The molecular weight excluding hydrogens is 410 g/mol. The molecule has 0 spiro atoms. The van der Waals surface area contributed by atoms with E-state index in [1.165, 1.54) is 5.56 Å². The summed E-state index contributed by atoms with van der Waals surface area (Å²) in [7, 11) is -3.41. The molecule has 0 N–H and O–H groups in total. The lowest BCUT2D eigenvalue weighted by atomic mass is 10.2. The van der Waals surface area contributed by atoms with Crippen molar-refractivity contribution in [3.05, 3.63) is 57.7 Å². The molecule has 1 aliphatic rings. The van der Waals surface area contributed by atoms with E-state index in [9.17, 15) is 8.42 Å². The number of sulfonamides is 1. The second kappa shape index (κ2) is 8.42. The number of nitrogens with zero attached hydrogens (tertiary/aromatic N) is 3. The van der Waals surface area contributed by atoms with Gasteiger partial charge in [0.25, 0.3) is 0 Å². The van der Waals surface area contributed by atoms with E-state index < -0.39 is 10.0 Å². The van der Waals surface area contributed by atoms with E-state index in [-0.39, 0.29) is 0 Å². The van der Waals surface area contributed by atoms with Crippen LogP contribution in [-0.4, -0.2) is 48.8 Å². The normalized spacial score (nSPS) is 16.5. The van der Waals surface area contributed by atoms with E-state index in [0.29, 0.717) is 18.0 Å². The summed E-state index contributed by atoms with van der Waals surface area (Å²) in [5, 5.41) is 7.32. The number of thiazole rings is 1. The fourth-order valence-electron chi connectivity index (χ4n) is 3.30. The Morgan fingerprint density at radius 3 is 2.43 bits per heavy atom. The molecule has 2 aromatic heterocycles. The highest BCUT2D eigenvalue weighted by Gasteiger charge is 2.28. The standard InChI is InChI=1S/C20H23N3O2S3/c1-2-16-3-5-19(6-4-16)28(24,25)23-10-8-22(9-11-23)13-18-15-27-20(21-18)17-7-12-26-14-17/h3-7,12,14-15H,2,8-11,13H2,1H3. The lowest BCUT2D eigenvalue weighted by molar-refractivity contribution is 0.180. The van der Waals surface area contributed by atoms with Crippen molar-refractivity contribution in [3.63, 3.8) is 0 Å². The minimum atomic E-state index is -3.41. The van der Waals surface area contributed by atoms with Crippen LogP contribution in [0.15, 0.2) is 51.4 Å². The van der Waals surface area contributed by atoms with Crippen LogP contribution in [0.25, 0.3) is 10.6 Å². The largest absolute Gasteiger partial charge is 0.295 e. The number of benzene rings is 1. The lowest BCUT2D eigenvalue weighted by Gasteiger charge is -2.33. The third-order valence-electron chi connectivity index (χ3n) is 5.01. The molecule has 0 unspecified atom stereocenters. The Labute approximate surface area is 174 Å². The highest BCUT2D eigenvalue weighted by Crippen LogP contribution is 2.26. The first-order valence-corrected chi connectivity index (χ1v) is 12.6. The van der Waals surface area contributed by atoms with Crippen LogP contribution < -0.4 is 0 Å². The molecule has 0 radical (unpaired) electrons. The molecule has 148 valence electrons. The predicted molar refractivity (Wildman–Crippen MR) is 115 cm³/mol. The van der Waals surface area contributed by atoms with Crippen LogP contribution in [0.5, 0.6) is 0 Å². The van der Waals surface area contributed by atoms with Gasteiger partial charge < -0.3 is 0 Å². The molecule has 0 amide bonds. The second-order valence-electron chi connectivity index (χ2n) is 6.83. The SMILES string of the molecule is CCc1ccc(S(=O)(=O)N2CCN(Cc3csc(-c4ccsc4)n3)CC2)cc1. The quantitative estimate of drug-likeness (QED) is 0.591. The molecule has 3 aromatic rings. The molecule has 1 fully saturated rings. The van der Waals surface area contributed by atoms with Crippen LogP contribution in [-0.2, 0) is 23.0 Å². The van der Waals surface area contributed by atoms with Crippen LogP contribution in [0.4, 0.5) is 0 Å². The van der Waals surface area contributed by atoms with Crippen LogP contribution in [0.3, 0.4) is 0 Å². The number of aryl methyl sites for hydroxylation is 1. The molecule has 0 aliphatic carbocycles. The number of hydrogen-bond donors (Lipinski definition) is 0. The molecule has 3 heterocycles. The fourth-order valence-corrected chi connectivity index (χ4v) is 6.25. The first-order valence-electron chi connectivity index (χ1n) is 9.34. The molecule has 0 atom stereocenters. The zero-order chi connectivity index (χ0) is 19.6. The number of thiophene rings is 1. The van der Waals surface area contributed by atoms with E-state index in [1.54, 1.807) is 39.1 Å². The van der Waals surface area contributed by atoms with Crippen LogP contribution in [0.2, 0.25) is 0 Å². The van der Waals surface area contributed by atoms with Crippen molar-refractivity contribution < 1.29 is 8.42 Å². The highest BCUT2D eigenvalue weighted by molar-refractivity contribution is 7.89. The third kappa shape index (κ3) is 4.21. The summed E-state index contributed by atoms with van der Waals surface area (Å²) >= 11 is 3.34. The summed E-state index contributed by atoms with van der Waals surface area (Å²) < 4.78 is 27.4. The van der Waals surface area contributed by atoms with Gasteiger partial charge >= 0.3 is 0 Å². The maximum absolute atomic E-state index is 12.9. The molecule has 28 heavy (non-hydrogen) atoms. The molecular formula is C20H23N3O2S3. The number of rotatable bonds is 6. The predicted octanol–water partition coefficient (Wildman–Crippen LogP) is 3.94. The summed E-state index contributed by atoms with van der Waals surface area (Å²) in [6.07, 6.45) is 0.906. The number of piperazine rings is 1. The summed E-state index contributed by atoms with van der Waals surface area (Å²) in [6.45, 7) is 5.29. The number of aromatic nitrogens is 1. The van der Waals surface area contributed by atoms with Gasteiger partial charge in [-0.25, -0.2) is 13.4 Å². The second-order valence-corrected chi connectivity index (χ2v) is 10.4. The molecule has 8 heteroatoms. The summed E-state index contributed by atoms with van der Waals surface area (Å²) in [6, 6.07) is 9.33. The fraction of sp³-hybridized carbons (Fsp3) is 0.350. The van der Waals surface area contributed by atoms with Gasteiger partial charge in [0, 0.05) is 49.0 Å². The van der Waals surface area contributed by atoms with E-state index in [4.69, 9.17) is 4.98 Å². The molecule has 4 rings (SSSR count). The zero-order valence-electron chi connectivity index (χ0n) is 15.7. The Kier molecular flexibility index (Phi) is 5.93.